The van der Waals surface area contributed by atoms with Gasteiger partial charge in [0.1, 0.15) is 0 Å². The van der Waals surface area contributed by atoms with Gasteiger partial charge in [0.05, 0.1) is 0 Å². The molecule has 0 aromatic heterocycles. The lowest BCUT2D eigenvalue weighted by atomic mass is 10.3. The summed E-state index contributed by atoms with van der Waals surface area (Å²) in [4.78, 5) is 5.04. The third-order valence-electron chi connectivity index (χ3n) is 3.40. The van der Waals surface area contributed by atoms with Crippen molar-refractivity contribution in [3.63, 3.8) is 0 Å². The van der Waals surface area contributed by atoms with Gasteiger partial charge in [-0.2, -0.15) is 0 Å². The molecule has 0 unspecified atom stereocenters. The Bertz CT molecular complexity index is 185. The van der Waals surface area contributed by atoms with E-state index in [0.29, 0.717) is 0 Å². The van der Waals surface area contributed by atoms with Gasteiger partial charge in [0.15, 0.2) is 6.29 Å². The molecule has 0 amide bonds. The highest BCUT2D eigenvalue weighted by Crippen LogP contribution is 2.27. The van der Waals surface area contributed by atoms with Gasteiger partial charge in [-0.1, -0.05) is 0 Å². The van der Waals surface area contributed by atoms with Gasteiger partial charge in [-0.05, 0) is 12.8 Å². The average Bonchev–Trinajstić information content (AvgIpc) is 3.10. The molecular weight excluding hydrogens is 192 g/mol. The minimum atomic E-state index is -0.0718. The lowest BCUT2D eigenvalue weighted by Crippen LogP contribution is -2.49. The molecule has 4 heteroatoms. The fourth-order valence-corrected chi connectivity index (χ4v) is 2.21. The van der Waals surface area contributed by atoms with Gasteiger partial charge in [0, 0.05) is 53.0 Å². The van der Waals surface area contributed by atoms with E-state index in [1.54, 1.807) is 14.2 Å². The minimum absolute atomic E-state index is 0.0718. The van der Waals surface area contributed by atoms with Crippen molar-refractivity contribution in [3.05, 3.63) is 0 Å². The van der Waals surface area contributed by atoms with Crippen LogP contribution < -0.4 is 0 Å². The summed E-state index contributed by atoms with van der Waals surface area (Å²) in [7, 11) is 3.41. The van der Waals surface area contributed by atoms with Crippen molar-refractivity contribution >= 4 is 0 Å². The van der Waals surface area contributed by atoms with Gasteiger partial charge in [-0.15, -0.1) is 0 Å². The molecule has 2 fully saturated rings. The van der Waals surface area contributed by atoms with Crippen molar-refractivity contribution in [2.24, 2.45) is 0 Å². The zero-order valence-electron chi connectivity index (χ0n) is 9.82. The molecule has 0 atom stereocenters. The standard InChI is InChI=1S/C11H22N2O2/c1-14-11(15-2)9-12-5-7-13(8-6-12)10-3-4-10/h10-11H,3-9H2,1-2H3. The van der Waals surface area contributed by atoms with E-state index >= 15 is 0 Å². The summed E-state index contributed by atoms with van der Waals surface area (Å²) in [5.41, 5.74) is 0. The molecule has 4 nitrogen and oxygen atoms in total. The van der Waals surface area contributed by atoms with E-state index in [-0.39, 0.29) is 6.29 Å². The quantitative estimate of drug-likeness (QED) is 0.618. The second kappa shape index (κ2) is 5.25. The number of piperazine rings is 1. The lowest BCUT2D eigenvalue weighted by Gasteiger charge is -2.35. The molecule has 1 saturated carbocycles. The normalized spacial score (nSPS) is 25.0. The fraction of sp³-hybridized carbons (Fsp3) is 1.00. The van der Waals surface area contributed by atoms with Crippen LogP contribution in [0.1, 0.15) is 12.8 Å². The molecule has 0 spiro atoms. The zero-order chi connectivity index (χ0) is 10.7. The van der Waals surface area contributed by atoms with Crippen molar-refractivity contribution in [1.29, 1.82) is 0 Å². The van der Waals surface area contributed by atoms with E-state index in [2.05, 4.69) is 9.80 Å². The number of nitrogens with zero attached hydrogens (tertiary/aromatic N) is 2. The van der Waals surface area contributed by atoms with E-state index in [0.717, 1.165) is 25.7 Å². The Labute approximate surface area is 92.1 Å². The topological polar surface area (TPSA) is 24.9 Å². The maximum atomic E-state index is 5.21. The molecule has 0 radical (unpaired) electrons. The third kappa shape index (κ3) is 3.14. The highest BCUT2D eigenvalue weighted by molar-refractivity contribution is 4.87. The average molecular weight is 214 g/mol. The second-order valence-electron chi connectivity index (χ2n) is 4.47. The molecule has 1 heterocycles. The van der Waals surface area contributed by atoms with Gasteiger partial charge in [-0.3, -0.25) is 9.80 Å². The van der Waals surface area contributed by atoms with Crippen molar-refractivity contribution in [2.45, 2.75) is 25.2 Å². The summed E-state index contributed by atoms with van der Waals surface area (Å²) in [5.74, 6) is 0. The Balaban J connectivity index is 1.68. The first-order valence-electron chi connectivity index (χ1n) is 5.85. The molecular formula is C11H22N2O2. The Hall–Kier alpha value is -0.160. The molecule has 0 aromatic rings. The van der Waals surface area contributed by atoms with E-state index in [1.807, 2.05) is 0 Å². The summed E-state index contributed by atoms with van der Waals surface area (Å²) >= 11 is 0. The molecule has 1 aliphatic carbocycles. The van der Waals surface area contributed by atoms with Crippen molar-refractivity contribution in [2.75, 3.05) is 46.9 Å². The molecule has 2 aliphatic rings. The summed E-state index contributed by atoms with van der Waals surface area (Å²) in [6.07, 6.45) is 2.76. The second-order valence-corrected chi connectivity index (χ2v) is 4.47. The van der Waals surface area contributed by atoms with Crippen LogP contribution in [-0.4, -0.2) is 69.1 Å². The molecule has 0 aromatic carbocycles. The maximum Gasteiger partial charge on any atom is 0.169 e. The maximum absolute atomic E-state index is 5.21. The van der Waals surface area contributed by atoms with Gasteiger partial charge in [-0.25, -0.2) is 0 Å². The Morgan fingerprint density at radius 3 is 2.13 bits per heavy atom. The molecule has 1 saturated heterocycles. The van der Waals surface area contributed by atoms with E-state index in [4.69, 9.17) is 9.47 Å². The number of methoxy groups -OCH3 is 2. The molecule has 1 aliphatic heterocycles. The fourth-order valence-electron chi connectivity index (χ4n) is 2.21. The van der Waals surface area contributed by atoms with Crippen LogP contribution in [0.3, 0.4) is 0 Å². The zero-order valence-corrected chi connectivity index (χ0v) is 9.82. The highest BCUT2D eigenvalue weighted by Gasteiger charge is 2.31. The smallest absolute Gasteiger partial charge is 0.169 e. The van der Waals surface area contributed by atoms with E-state index in [1.165, 1.54) is 25.9 Å². The van der Waals surface area contributed by atoms with Crippen molar-refractivity contribution in [3.8, 4) is 0 Å². The van der Waals surface area contributed by atoms with Crippen LogP contribution >= 0.6 is 0 Å². The predicted octanol–water partition coefficient (Wildman–Crippen LogP) is 0.385. The van der Waals surface area contributed by atoms with Gasteiger partial charge in [0.2, 0.25) is 0 Å². The van der Waals surface area contributed by atoms with Crippen molar-refractivity contribution in [1.82, 2.24) is 9.80 Å². The predicted molar refractivity (Wildman–Crippen MR) is 58.8 cm³/mol. The number of hydrogen-bond donors (Lipinski definition) is 0. The SMILES string of the molecule is COC(CN1CCN(C2CC2)CC1)OC. The summed E-state index contributed by atoms with van der Waals surface area (Å²) in [5, 5.41) is 0. The van der Waals surface area contributed by atoms with Crippen LogP contribution in [-0.2, 0) is 9.47 Å². The Kier molecular flexibility index (Phi) is 3.97. The van der Waals surface area contributed by atoms with Crippen LogP contribution in [0.25, 0.3) is 0 Å². The van der Waals surface area contributed by atoms with Crippen LogP contribution in [0.2, 0.25) is 0 Å². The first-order valence-corrected chi connectivity index (χ1v) is 5.85. The lowest BCUT2D eigenvalue weighted by molar-refractivity contribution is -0.119. The minimum Gasteiger partial charge on any atom is -0.355 e. The largest absolute Gasteiger partial charge is 0.355 e. The van der Waals surface area contributed by atoms with E-state index in [9.17, 15) is 0 Å². The highest BCUT2D eigenvalue weighted by atomic mass is 16.7. The number of ether oxygens (including phenoxy) is 2. The molecule has 2 rings (SSSR count). The summed E-state index contributed by atoms with van der Waals surface area (Å²) in [6.45, 7) is 5.63. The molecule has 0 bridgehead atoms. The summed E-state index contributed by atoms with van der Waals surface area (Å²) in [6, 6.07) is 0.910. The van der Waals surface area contributed by atoms with Crippen LogP contribution in [0.4, 0.5) is 0 Å². The van der Waals surface area contributed by atoms with Gasteiger partial charge < -0.3 is 9.47 Å². The molecule has 88 valence electrons. The van der Waals surface area contributed by atoms with Gasteiger partial charge in [0.25, 0.3) is 0 Å². The van der Waals surface area contributed by atoms with Crippen LogP contribution in [0.5, 0.6) is 0 Å². The molecule has 0 N–H and O–H groups in total. The third-order valence-corrected chi connectivity index (χ3v) is 3.40. The Morgan fingerprint density at radius 2 is 1.67 bits per heavy atom. The monoisotopic (exact) mass is 214 g/mol. The van der Waals surface area contributed by atoms with Crippen LogP contribution in [0, 0.1) is 0 Å². The van der Waals surface area contributed by atoms with Crippen LogP contribution in [0.15, 0.2) is 0 Å². The summed E-state index contributed by atoms with van der Waals surface area (Å²) < 4.78 is 10.4. The van der Waals surface area contributed by atoms with E-state index < -0.39 is 0 Å². The first-order chi connectivity index (χ1) is 7.33. The molecule has 15 heavy (non-hydrogen) atoms. The van der Waals surface area contributed by atoms with Crippen molar-refractivity contribution < 1.29 is 9.47 Å². The number of hydrogen-bond acceptors (Lipinski definition) is 4. The Morgan fingerprint density at radius 1 is 1.07 bits per heavy atom. The number of rotatable bonds is 5. The first kappa shape index (κ1) is 11.3. The van der Waals surface area contributed by atoms with Gasteiger partial charge >= 0.3 is 0 Å².